The Morgan fingerprint density at radius 3 is 2.64 bits per heavy atom. The molecule has 0 bridgehead atoms. The van der Waals surface area contributed by atoms with E-state index in [1.165, 1.54) is 5.56 Å². The van der Waals surface area contributed by atoms with E-state index in [9.17, 15) is 4.79 Å². The van der Waals surface area contributed by atoms with Crippen LogP contribution in [-0.4, -0.2) is 46.3 Å². The Kier molecular flexibility index (Phi) is 8.67. The number of hydrogen-bond donors (Lipinski definition) is 1. The predicted molar refractivity (Wildman–Crippen MR) is 133 cm³/mol. The fourth-order valence-electron chi connectivity index (χ4n) is 3.78. The Labute approximate surface area is 208 Å². The summed E-state index contributed by atoms with van der Waals surface area (Å²) in [6.45, 7) is 2.91. The first-order valence-corrected chi connectivity index (χ1v) is 12.9. The first-order valence-electron chi connectivity index (χ1n) is 11.0. The highest BCUT2D eigenvalue weighted by Crippen LogP contribution is 2.26. The van der Waals surface area contributed by atoms with Gasteiger partial charge in [0.15, 0.2) is 0 Å². The molecule has 174 valence electrons. The molecule has 1 N–H and O–H groups in total. The van der Waals surface area contributed by atoms with Crippen LogP contribution in [0.4, 0.5) is 0 Å². The summed E-state index contributed by atoms with van der Waals surface area (Å²) in [6, 6.07) is 15.3. The van der Waals surface area contributed by atoms with E-state index in [4.69, 9.17) is 27.7 Å². The van der Waals surface area contributed by atoms with E-state index >= 15 is 0 Å². The standard InChI is InChI=1S/C24H26Cl2N4O2S/c25-19-7-5-17(6-8-19)16-33-14-11-27-24(31)18-9-12-30(13-10-18)15-22-28-23(29-32-22)20-3-1-2-4-21(20)26/h1-8,18H,9-16H2,(H,27,31). The topological polar surface area (TPSA) is 71.3 Å². The number of nitrogens with zero attached hydrogens (tertiary/aromatic N) is 3. The molecule has 1 aliphatic rings. The van der Waals surface area contributed by atoms with Crippen molar-refractivity contribution >= 4 is 40.9 Å². The van der Waals surface area contributed by atoms with Gasteiger partial charge in [-0.1, -0.05) is 52.6 Å². The van der Waals surface area contributed by atoms with Crippen molar-refractivity contribution in [2.45, 2.75) is 25.1 Å². The molecule has 0 unspecified atom stereocenters. The maximum absolute atomic E-state index is 12.5. The van der Waals surface area contributed by atoms with Gasteiger partial charge in [0.2, 0.25) is 17.6 Å². The zero-order valence-electron chi connectivity index (χ0n) is 18.2. The monoisotopic (exact) mass is 504 g/mol. The Morgan fingerprint density at radius 2 is 1.88 bits per heavy atom. The molecule has 0 aliphatic carbocycles. The molecule has 9 heteroatoms. The minimum atomic E-state index is 0.0592. The second-order valence-electron chi connectivity index (χ2n) is 8.01. The van der Waals surface area contributed by atoms with E-state index in [0.29, 0.717) is 29.8 Å². The molecule has 4 rings (SSSR count). The Hall–Kier alpha value is -2.06. The second kappa shape index (κ2) is 11.9. The molecular formula is C24H26Cl2N4O2S. The van der Waals surface area contributed by atoms with Gasteiger partial charge in [0.25, 0.3) is 0 Å². The molecule has 0 spiro atoms. The van der Waals surface area contributed by atoms with Crippen LogP contribution in [0, 0.1) is 5.92 Å². The normalized spacial score (nSPS) is 15.0. The summed E-state index contributed by atoms with van der Waals surface area (Å²) in [5.74, 6) is 3.08. The molecule has 1 aromatic heterocycles. The zero-order valence-corrected chi connectivity index (χ0v) is 20.5. The van der Waals surface area contributed by atoms with E-state index in [2.05, 4.69) is 20.4 Å². The summed E-state index contributed by atoms with van der Waals surface area (Å²) in [6.07, 6.45) is 1.66. The van der Waals surface area contributed by atoms with Crippen LogP contribution in [0.2, 0.25) is 10.0 Å². The third-order valence-electron chi connectivity index (χ3n) is 5.63. The Bertz CT molecular complexity index is 1050. The number of halogens is 2. The predicted octanol–water partition coefficient (Wildman–Crippen LogP) is 5.31. The number of nitrogens with one attached hydrogen (secondary N) is 1. The minimum Gasteiger partial charge on any atom is -0.355 e. The molecule has 0 radical (unpaired) electrons. The molecule has 2 aromatic carbocycles. The van der Waals surface area contributed by atoms with Crippen molar-refractivity contribution in [2.24, 2.45) is 5.92 Å². The van der Waals surface area contributed by atoms with Crippen LogP contribution in [0.3, 0.4) is 0 Å². The molecule has 1 amide bonds. The molecule has 0 atom stereocenters. The number of amides is 1. The Morgan fingerprint density at radius 1 is 1.12 bits per heavy atom. The minimum absolute atomic E-state index is 0.0592. The van der Waals surface area contributed by atoms with Gasteiger partial charge in [0.05, 0.1) is 11.6 Å². The number of likely N-dealkylation sites (tertiary alicyclic amines) is 1. The fourth-order valence-corrected chi connectivity index (χ4v) is 4.94. The lowest BCUT2D eigenvalue weighted by atomic mass is 9.96. The average Bonchev–Trinajstić information content (AvgIpc) is 3.29. The van der Waals surface area contributed by atoms with Crippen LogP contribution in [0.1, 0.15) is 24.3 Å². The molecule has 1 saturated heterocycles. The summed E-state index contributed by atoms with van der Waals surface area (Å²) < 4.78 is 5.42. The van der Waals surface area contributed by atoms with Gasteiger partial charge in [-0.15, -0.1) is 0 Å². The summed E-state index contributed by atoms with van der Waals surface area (Å²) in [5.41, 5.74) is 2.00. The smallest absolute Gasteiger partial charge is 0.241 e. The molecule has 33 heavy (non-hydrogen) atoms. The second-order valence-corrected chi connectivity index (χ2v) is 9.96. The lowest BCUT2D eigenvalue weighted by Crippen LogP contribution is -2.40. The number of carbonyl (C=O) groups is 1. The SMILES string of the molecule is O=C(NCCSCc1ccc(Cl)cc1)C1CCN(Cc2nc(-c3ccccc3Cl)no2)CC1. The van der Waals surface area contributed by atoms with Crippen molar-refractivity contribution in [2.75, 3.05) is 25.4 Å². The number of rotatable bonds is 9. The van der Waals surface area contributed by atoms with E-state index in [0.717, 1.165) is 48.0 Å². The van der Waals surface area contributed by atoms with Gasteiger partial charge in [-0.3, -0.25) is 9.69 Å². The lowest BCUT2D eigenvalue weighted by Gasteiger charge is -2.30. The molecule has 6 nitrogen and oxygen atoms in total. The van der Waals surface area contributed by atoms with Crippen molar-refractivity contribution in [3.8, 4) is 11.4 Å². The van der Waals surface area contributed by atoms with Crippen LogP contribution in [0.5, 0.6) is 0 Å². The third kappa shape index (κ3) is 6.96. The van der Waals surface area contributed by atoms with Gasteiger partial charge >= 0.3 is 0 Å². The van der Waals surface area contributed by atoms with Crippen LogP contribution >= 0.6 is 35.0 Å². The maximum atomic E-state index is 12.5. The van der Waals surface area contributed by atoms with Crippen LogP contribution in [-0.2, 0) is 17.1 Å². The molecule has 2 heterocycles. The summed E-state index contributed by atoms with van der Waals surface area (Å²) in [5, 5.41) is 8.49. The highest BCUT2D eigenvalue weighted by Gasteiger charge is 2.26. The van der Waals surface area contributed by atoms with Gasteiger partial charge < -0.3 is 9.84 Å². The lowest BCUT2D eigenvalue weighted by molar-refractivity contribution is -0.126. The van der Waals surface area contributed by atoms with Crippen LogP contribution < -0.4 is 5.32 Å². The highest BCUT2D eigenvalue weighted by molar-refractivity contribution is 7.98. The fraction of sp³-hybridized carbons (Fsp3) is 0.375. The van der Waals surface area contributed by atoms with E-state index in [1.54, 1.807) is 17.8 Å². The zero-order chi connectivity index (χ0) is 23.0. The number of hydrogen-bond acceptors (Lipinski definition) is 6. The number of aromatic nitrogens is 2. The summed E-state index contributed by atoms with van der Waals surface area (Å²) in [4.78, 5) is 19.2. The Balaban J connectivity index is 1.14. The van der Waals surface area contributed by atoms with Crippen molar-refractivity contribution in [1.29, 1.82) is 0 Å². The largest absolute Gasteiger partial charge is 0.355 e. The van der Waals surface area contributed by atoms with E-state index in [-0.39, 0.29) is 11.8 Å². The number of piperidine rings is 1. The van der Waals surface area contributed by atoms with Gasteiger partial charge in [0, 0.05) is 34.6 Å². The number of carbonyl (C=O) groups excluding carboxylic acids is 1. The molecule has 1 fully saturated rings. The quantitative estimate of drug-likeness (QED) is 0.398. The highest BCUT2D eigenvalue weighted by atomic mass is 35.5. The molecular weight excluding hydrogens is 479 g/mol. The molecule has 1 aliphatic heterocycles. The van der Waals surface area contributed by atoms with Gasteiger partial charge in [-0.25, -0.2) is 0 Å². The third-order valence-corrected chi connectivity index (χ3v) is 7.24. The van der Waals surface area contributed by atoms with E-state index in [1.807, 2.05) is 42.5 Å². The van der Waals surface area contributed by atoms with Gasteiger partial charge in [0.1, 0.15) is 0 Å². The van der Waals surface area contributed by atoms with Crippen molar-refractivity contribution in [3.05, 3.63) is 70.0 Å². The number of thioether (sulfide) groups is 1. The number of benzene rings is 2. The van der Waals surface area contributed by atoms with Gasteiger partial charge in [-0.2, -0.15) is 16.7 Å². The van der Waals surface area contributed by atoms with Gasteiger partial charge in [-0.05, 0) is 55.8 Å². The van der Waals surface area contributed by atoms with Crippen LogP contribution in [0.25, 0.3) is 11.4 Å². The molecule has 3 aromatic rings. The first-order chi connectivity index (χ1) is 16.1. The van der Waals surface area contributed by atoms with Crippen molar-refractivity contribution in [1.82, 2.24) is 20.4 Å². The summed E-state index contributed by atoms with van der Waals surface area (Å²) in [7, 11) is 0. The molecule has 0 saturated carbocycles. The first kappa shape index (κ1) is 24.1. The van der Waals surface area contributed by atoms with E-state index < -0.39 is 0 Å². The average molecular weight is 505 g/mol. The van der Waals surface area contributed by atoms with Crippen LogP contribution in [0.15, 0.2) is 53.1 Å². The summed E-state index contributed by atoms with van der Waals surface area (Å²) >= 11 is 13.9. The van der Waals surface area contributed by atoms with Crippen molar-refractivity contribution in [3.63, 3.8) is 0 Å². The van der Waals surface area contributed by atoms with Crippen molar-refractivity contribution < 1.29 is 9.32 Å². The maximum Gasteiger partial charge on any atom is 0.241 e.